The lowest BCUT2D eigenvalue weighted by atomic mass is 10.1. The van der Waals surface area contributed by atoms with E-state index in [2.05, 4.69) is 27.3 Å². The Morgan fingerprint density at radius 2 is 1.89 bits per heavy atom. The number of hydrogen-bond donors (Lipinski definition) is 1. The van der Waals surface area contributed by atoms with Gasteiger partial charge in [-0.25, -0.2) is 0 Å². The van der Waals surface area contributed by atoms with E-state index in [-0.39, 0.29) is 0 Å². The van der Waals surface area contributed by atoms with E-state index in [0.29, 0.717) is 5.02 Å². The third-order valence-corrected chi connectivity index (χ3v) is 3.60. The molecule has 19 heavy (non-hydrogen) atoms. The summed E-state index contributed by atoms with van der Waals surface area (Å²) in [6.07, 6.45) is 0. The van der Waals surface area contributed by atoms with Crippen molar-refractivity contribution in [3.8, 4) is 6.07 Å². The van der Waals surface area contributed by atoms with Crippen molar-refractivity contribution in [3.05, 3.63) is 63.1 Å². The maximum absolute atomic E-state index is 9.32. The number of rotatable bonds is 3. The molecule has 96 valence electrons. The van der Waals surface area contributed by atoms with Crippen molar-refractivity contribution in [3.63, 3.8) is 0 Å². The van der Waals surface area contributed by atoms with Crippen molar-refractivity contribution in [2.24, 2.45) is 0 Å². The standard InChI is InChI=1S/C15H12BrClN2/c1-10-2-5-12(6-3-10)19-15(9-18)13-8-11(16)4-7-14(13)17/h2-8,15,19H,1H3. The molecular weight excluding hydrogens is 324 g/mol. The predicted molar refractivity (Wildman–Crippen MR) is 82.3 cm³/mol. The van der Waals surface area contributed by atoms with Crippen molar-refractivity contribution >= 4 is 33.2 Å². The van der Waals surface area contributed by atoms with Gasteiger partial charge in [-0.15, -0.1) is 0 Å². The fourth-order valence-corrected chi connectivity index (χ4v) is 2.34. The molecule has 1 N–H and O–H groups in total. The van der Waals surface area contributed by atoms with Crippen molar-refractivity contribution in [2.45, 2.75) is 13.0 Å². The Labute approximate surface area is 126 Å². The summed E-state index contributed by atoms with van der Waals surface area (Å²) in [7, 11) is 0. The van der Waals surface area contributed by atoms with Crippen LogP contribution in [-0.4, -0.2) is 0 Å². The zero-order valence-electron chi connectivity index (χ0n) is 10.3. The maximum Gasteiger partial charge on any atom is 0.141 e. The van der Waals surface area contributed by atoms with Crippen LogP contribution in [0.3, 0.4) is 0 Å². The monoisotopic (exact) mass is 334 g/mol. The lowest BCUT2D eigenvalue weighted by Gasteiger charge is -2.15. The molecule has 1 atom stereocenters. The Bertz CT molecular complexity index is 617. The first-order chi connectivity index (χ1) is 9.10. The Morgan fingerprint density at radius 1 is 1.21 bits per heavy atom. The Morgan fingerprint density at radius 3 is 2.53 bits per heavy atom. The number of nitrogens with one attached hydrogen (secondary N) is 1. The van der Waals surface area contributed by atoms with Crippen LogP contribution in [0.25, 0.3) is 0 Å². The summed E-state index contributed by atoms with van der Waals surface area (Å²) in [6, 6.07) is 15.1. The summed E-state index contributed by atoms with van der Waals surface area (Å²) < 4.78 is 0.901. The summed E-state index contributed by atoms with van der Waals surface area (Å²) in [6.45, 7) is 2.02. The van der Waals surface area contributed by atoms with Gasteiger partial charge in [-0.2, -0.15) is 5.26 Å². The average molecular weight is 336 g/mol. The molecule has 0 heterocycles. The van der Waals surface area contributed by atoms with Gasteiger partial charge in [0.1, 0.15) is 6.04 Å². The molecule has 0 aliphatic heterocycles. The Balaban J connectivity index is 2.28. The summed E-state index contributed by atoms with van der Waals surface area (Å²) in [5, 5.41) is 13.1. The highest BCUT2D eigenvalue weighted by Gasteiger charge is 2.14. The first kappa shape index (κ1) is 13.9. The zero-order chi connectivity index (χ0) is 13.8. The third kappa shape index (κ3) is 3.50. The zero-order valence-corrected chi connectivity index (χ0v) is 12.7. The summed E-state index contributed by atoms with van der Waals surface area (Å²) >= 11 is 9.54. The minimum atomic E-state index is -0.479. The number of anilines is 1. The molecule has 0 amide bonds. The molecule has 2 aromatic carbocycles. The summed E-state index contributed by atoms with van der Waals surface area (Å²) in [4.78, 5) is 0. The SMILES string of the molecule is Cc1ccc(NC(C#N)c2cc(Br)ccc2Cl)cc1. The second-order valence-electron chi connectivity index (χ2n) is 4.24. The van der Waals surface area contributed by atoms with Crippen LogP contribution >= 0.6 is 27.5 Å². The smallest absolute Gasteiger partial charge is 0.141 e. The molecule has 2 rings (SSSR count). The molecule has 0 radical (unpaired) electrons. The molecule has 0 aliphatic rings. The number of halogens is 2. The number of hydrogen-bond acceptors (Lipinski definition) is 2. The van der Waals surface area contributed by atoms with Gasteiger partial charge < -0.3 is 5.32 Å². The fraction of sp³-hybridized carbons (Fsp3) is 0.133. The average Bonchev–Trinajstić information content (AvgIpc) is 2.41. The summed E-state index contributed by atoms with van der Waals surface area (Å²) in [5.41, 5.74) is 2.84. The predicted octanol–water partition coefficient (Wildman–Crippen LogP) is 5.09. The van der Waals surface area contributed by atoms with Crippen LogP contribution in [0.15, 0.2) is 46.9 Å². The van der Waals surface area contributed by atoms with Crippen molar-refractivity contribution in [2.75, 3.05) is 5.32 Å². The minimum Gasteiger partial charge on any atom is -0.366 e. The third-order valence-electron chi connectivity index (χ3n) is 2.76. The van der Waals surface area contributed by atoms with E-state index >= 15 is 0 Å². The molecule has 2 aromatic rings. The molecule has 4 heteroatoms. The topological polar surface area (TPSA) is 35.8 Å². The molecule has 0 saturated heterocycles. The fourth-order valence-electron chi connectivity index (χ4n) is 1.73. The van der Waals surface area contributed by atoms with Crippen LogP contribution in [0.1, 0.15) is 17.2 Å². The van der Waals surface area contributed by atoms with Gasteiger partial charge in [0.2, 0.25) is 0 Å². The molecule has 0 aromatic heterocycles. The van der Waals surface area contributed by atoms with Crippen LogP contribution in [0.2, 0.25) is 5.02 Å². The molecule has 1 unspecified atom stereocenters. The van der Waals surface area contributed by atoms with Crippen molar-refractivity contribution in [1.82, 2.24) is 0 Å². The van der Waals surface area contributed by atoms with Gasteiger partial charge in [0.25, 0.3) is 0 Å². The van der Waals surface area contributed by atoms with E-state index in [9.17, 15) is 5.26 Å². The van der Waals surface area contributed by atoms with Gasteiger partial charge in [-0.1, -0.05) is 45.2 Å². The second-order valence-corrected chi connectivity index (χ2v) is 5.56. The van der Waals surface area contributed by atoms with E-state index in [1.165, 1.54) is 5.56 Å². The van der Waals surface area contributed by atoms with Crippen LogP contribution in [-0.2, 0) is 0 Å². The molecule has 0 bridgehead atoms. The first-order valence-electron chi connectivity index (χ1n) is 5.78. The number of nitrogens with zero attached hydrogens (tertiary/aromatic N) is 1. The second kappa shape index (κ2) is 6.10. The number of nitriles is 1. The van der Waals surface area contributed by atoms with Crippen molar-refractivity contribution < 1.29 is 0 Å². The summed E-state index contributed by atoms with van der Waals surface area (Å²) in [5.74, 6) is 0. The lowest BCUT2D eigenvalue weighted by Crippen LogP contribution is -2.09. The van der Waals surface area contributed by atoms with Crippen LogP contribution in [0.5, 0.6) is 0 Å². The lowest BCUT2D eigenvalue weighted by molar-refractivity contribution is 0.996. The van der Waals surface area contributed by atoms with Crippen LogP contribution in [0, 0.1) is 18.3 Å². The van der Waals surface area contributed by atoms with Crippen molar-refractivity contribution in [1.29, 1.82) is 5.26 Å². The van der Waals surface area contributed by atoms with E-state index in [1.54, 1.807) is 6.07 Å². The molecule has 0 spiro atoms. The van der Waals surface area contributed by atoms with E-state index in [0.717, 1.165) is 15.7 Å². The maximum atomic E-state index is 9.32. The minimum absolute atomic E-state index is 0.479. The molecule has 0 aliphatic carbocycles. The van der Waals surface area contributed by atoms with Gasteiger partial charge >= 0.3 is 0 Å². The van der Waals surface area contributed by atoms with E-state index in [1.807, 2.05) is 43.3 Å². The normalized spacial score (nSPS) is 11.7. The molecule has 0 saturated carbocycles. The highest BCUT2D eigenvalue weighted by atomic mass is 79.9. The van der Waals surface area contributed by atoms with Gasteiger partial charge in [0, 0.05) is 20.7 Å². The highest BCUT2D eigenvalue weighted by Crippen LogP contribution is 2.28. The van der Waals surface area contributed by atoms with E-state index < -0.39 is 6.04 Å². The van der Waals surface area contributed by atoms with Gasteiger partial charge in [0.15, 0.2) is 0 Å². The first-order valence-corrected chi connectivity index (χ1v) is 6.95. The Hall–Kier alpha value is -1.50. The molecular formula is C15H12BrClN2. The van der Waals surface area contributed by atoms with Gasteiger partial charge in [-0.05, 0) is 37.3 Å². The van der Waals surface area contributed by atoms with Crippen LogP contribution < -0.4 is 5.32 Å². The van der Waals surface area contributed by atoms with Crippen LogP contribution in [0.4, 0.5) is 5.69 Å². The number of benzene rings is 2. The highest BCUT2D eigenvalue weighted by molar-refractivity contribution is 9.10. The quantitative estimate of drug-likeness (QED) is 0.848. The Kier molecular flexibility index (Phi) is 4.47. The number of aryl methyl sites for hydroxylation is 1. The van der Waals surface area contributed by atoms with Gasteiger partial charge in [0.05, 0.1) is 6.07 Å². The molecule has 2 nitrogen and oxygen atoms in total. The van der Waals surface area contributed by atoms with Gasteiger partial charge in [-0.3, -0.25) is 0 Å². The molecule has 0 fully saturated rings. The largest absolute Gasteiger partial charge is 0.366 e. The van der Waals surface area contributed by atoms with E-state index in [4.69, 9.17) is 11.6 Å².